The maximum Gasteiger partial charge on any atom is 0.222 e. The fraction of sp³-hybridized carbons (Fsp3) is 0.917. The summed E-state index contributed by atoms with van der Waals surface area (Å²) in [4.78, 5) is 11.8. The molecule has 0 aliphatic carbocycles. The van der Waals surface area contributed by atoms with E-state index in [1.54, 1.807) is 0 Å². The Morgan fingerprint density at radius 3 is 2.94 bits per heavy atom. The summed E-state index contributed by atoms with van der Waals surface area (Å²) < 4.78 is 5.56. The SMILES string of the molecule is O=C(CC1CCCCO1)NC1CCCNC1. The number of rotatable bonds is 3. The van der Waals surface area contributed by atoms with Crippen molar-refractivity contribution in [2.24, 2.45) is 0 Å². The van der Waals surface area contributed by atoms with E-state index >= 15 is 0 Å². The standard InChI is InChI=1S/C12H22N2O2/c15-12(8-11-5-1-2-7-16-11)14-10-4-3-6-13-9-10/h10-11,13H,1-9H2,(H,14,15). The van der Waals surface area contributed by atoms with E-state index in [2.05, 4.69) is 10.6 Å². The van der Waals surface area contributed by atoms with Gasteiger partial charge in [0.2, 0.25) is 5.91 Å². The molecular formula is C12H22N2O2. The Hall–Kier alpha value is -0.610. The zero-order valence-corrected chi connectivity index (χ0v) is 9.84. The quantitative estimate of drug-likeness (QED) is 0.749. The highest BCUT2D eigenvalue weighted by molar-refractivity contribution is 5.76. The Labute approximate surface area is 97.1 Å². The number of hydrogen-bond acceptors (Lipinski definition) is 3. The zero-order valence-electron chi connectivity index (χ0n) is 9.84. The van der Waals surface area contributed by atoms with Crippen LogP contribution in [0.5, 0.6) is 0 Å². The van der Waals surface area contributed by atoms with Crippen LogP contribution in [-0.4, -0.2) is 37.7 Å². The molecule has 2 N–H and O–H groups in total. The number of carbonyl (C=O) groups is 1. The van der Waals surface area contributed by atoms with Gasteiger partial charge in [-0.2, -0.15) is 0 Å². The van der Waals surface area contributed by atoms with Crippen molar-refractivity contribution in [2.45, 2.75) is 50.7 Å². The number of hydrogen-bond donors (Lipinski definition) is 2. The van der Waals surface area contributed by atoms with Gasteiger partial charge in [-0.1, -0.05) is 0 Å². The second kappa shape index (κ2) is 6.21. The van der Waals surface area contributed by atoms with Crippen LogP contribution in [0.4, 0.5) is 0 Å². The van der Waals surface area contributed by atoms with Gasteiger partial charge in [0.1, 0.15) is 0 Å². The largest absolute Gasteiger partial charge is 0.378 e. The molecule has 2 aliphatic heterocycles. The van der Waals surface area contributed by atoms with Crippen LogP contribution < -0.4 is 10.6 Å². The van der Waals surface area contributed by atoms with Gasteiger partial charge in [0.15, 0.2) is 0 Å². The summed E-state index contributed by atoms with van der Waals surface area (Å²) in [5.41, 5.74) is 0. The lowest BCUT2D eigenvalue weighted by Gasteiger charge is -2.26. The van der Waals surface area contributed by atoms with Crippen molar-refractivity contribution in [3.8, 4) is 0 Å². The van der Waals surface area contributed by atoms with Crippen LogP contribution in [0.25, 0.3) is 0 Å². The second-order valence-corrected chi connectivity index (χ2v) is 4.80. The van der Waals surface area contributed by atoms with Gasteiger partial charge in [-0.3, -0.25) is 4.79 Å². The molecule has 2 rings (SSSR count). The molecule has 0 bridgehead atoms. The summed E-state index contributed by atoms with van der Waals surface area (Å²) in [6.07, 6.45) is 6.33. The van der Waals surface area contributed by atoms with Gasteiger partial charge in [0.25, 0.3) is 0 Å². The molecule has 16 heavy (non-hydrogen) atoms. The van der Waals surface area contributed by atoms with Crippen LogP contribution in [-0.2, 0) is 9.53 Å². The number of nitrogens with one attached hydrogen (secondary N) is 2. The molecule has 2 fully saturated rings. The summed E-state index contributed by atoms with van der Waals surface area (Å²) >= 11 is 0. The maximum absolute atomic E-state index is 11.8. The molecule has 92 valence electrons. The molecule has 2 aliphatic rings. The molecule has 4 nitrogen and oxygen atoms in total. The van der Waals surface area contributed by atoms with Gasteiger partial charge in [-0.05, 0) is 38.6 Å². The van der Waals surface area contributed by atoms with Crippen LogP contribution in [0.15, 0.2) is 0 Å². The second-order valence-electron chi connectivity index (χ2n) is 4.80. The average Bonchev–Trinajstić information content (AvgIpc) is 2.31. The fourth-order valence-corrected chi connectivity index (χ4v) is 2.44. The van der Waals surface area contributed by atoms with E-state index in [-0.39, 0.29) is 12.0 Å². The Morgan fingerprint density at radius 2 is 2.25 bits per heavy atom. The zero-order chi connectivity index (χ0) is 11.2. The molecule has 4 heteroatoms. The van der Waals surface area contributed by atoms with Crippen LogP contribution in [0, 0.1) is 0 Å². The Balaban J connectivity index is 1.66. The molecule has 0 aromatic rings. The third-order valence-corrected chi connectivity index (χ3v) is 3.35. The number of ether oxygens (including phenoxy) is 1. The van der Waals surface area contributed by atoms with Crippen LogP contribution in [0.2, 0.25) is 0 Å². The lowest BCUT2D eigenvalue weighted by atomic mass is 10.0. The Bertz CT molecular complexity index is 199. The summed E-state index contributed by atoms with van der Waals surface area (Å²) in [5, 5.41) is 6.38. The van der Waals surface area contributed by atoms with E-state index in [4.69, 9.17) is 4.74 Å². The molecule has 0 saturated carbocycles. The molecule has 2 unspecified atom stereocenters. The van der Waals surface area contributed by atoms with Crippen molar-refractivity contribution < 1.29 is 9.53 Å². The first-order chi connectivity index (χ1) is 7.84. The number of piperidine rings is 1. The molecule has 2 saturated heterocycles. The predicted octanol–water partition coefficient (Wildman–Crippen LogP) is 0.814. The van der Waals surface area contributed by atoms with Crippen molar-refractivity contribution >= 4 is 5.91 Å². The summed E-state index contributed by atoms with van der Waals surface area (Å²) in [6.45, 7) is 2.82. The summed E-state index contributed by atoms with van der Waals surface area (Å²) in [6, 6.07) is 0.324. The molecule has 2 atom stereocenters. The number of carbonyl (C=O) groups excluding carboxylic acids is 1. The molecular weight excluding hydrogens is 204 g/mol. The monoisotopic (exact) mass is 226 g/mol. The van der Waals surface area contributed by atoms with Gasteiger partial charge in [0, 0.05) is 19.2 Å². The lowest BCUT2D eigenvalue weighted by molar-refractivity contribution is -0.125. The molecule has 0 spiro atoms. The van der Waals surface area contributed by atoms with Crippen molar-refractivity contribution in [3.63, 3.8) is 0 Å². The van der Waals surface area contributed by atoms with Crippen LogP contribution in [0.3, 0.4) is 0 Å². The summed E-state index contributed by atoms with van der Waals surface area (Å²) in [7, 11) is 0. The Morgan fingerprint density at radius 1 is 1.31 bits per heavy atom. The van der Waals surface area contributed by atoms with Crippen LogP contribution >= 0.6 is 0 Å². The van der Waals surface area contributed by atoms with E-state index in [0.717, 1.165) is 45.4 Å². The minimum absolute atomic E-state index is 0.153. The highest BCUT2D eigenvalue weighted by Crippen LogP contribution is 2.15. The minimum Gasteiger partial charge on any atom is -0.378 e. The third kappa shape index (κ3) is 3.76. The van der Waals surface area contributed by atoms with E-state index in [9.17, 15) is 4.79 Å². The van der Waals surface area contributed by atoms with E-state index < -0.39 is 0 Å². The first-order valence-electron chi connectivity index (χ1n) is 6.46. The lowest BCUT2D eigenvalue weighted by Crippen LogP contribution is -2.46. The molecule has 0 aromatic carbocycles. The minimum atomic E-state index is 0.153. The molecule has 0 radical (unpaired) electrons. The first-order valence-corrected chi connectivity index (χ1v) is 6.46. The molecule has 2 heterocycles. The van der Waals surface area contributed by atoms with E-state index in [0.29, 0.717) is 12.5 Å². The van der Waals surface area contributed by atoms with Gasteiger partial charge in [0.05, 0.1) is 12.5 Å². The van der Waals surface area contributed by atoms with Crippen LogP contribution in [0.1, 0.15) is 38.5 Å². The highest BCUT2D eigenvalue weighted by Gasteiger charge is 2.20. The van der Waals surface area contributed by atoms with Gasteiger partial charge in [-0.25, -0.2) is 0 Å². The third-order valence-electron chi connectivity index (χ3n) is 3.35. The predicted molar refractivity (Wildman–Crippen MR) is 62.2 cm³/mol. The number of amides is 1. The Kier molecular flexibility index (Phi) is 4.60. The first kappa shape index (κ1) is 11.9. The average molecular weight is 226 g/mol. The smallest absolute Gasteiger partial charge is 0.222 e. The van der Waals surface area contributed by atoms with E-state index in [1.165, 1.54) is 6.42 Å². The van der Waals surface area contributed by atoms with Crippen molar-refractivity contribution in [3.05, 3.63) is 0 Å². The highest BCUT2D eigenvalue weighted by atomic mass is 16.5. The van der Waals surface area contributed by atoms with Crippen molar-refractivity contribution in [1.29, 1.82) is 0 Å². The summed E-state index contributed by atoms with van der Waals surface area (Å²) in [5.74, 6) is 0.153. The van der Waals surface area contributed by atoms with Crippen molar-refractivity contribution in [1.82, 2.24) is 10.6 Å². The van der Waals surface area contributed by atoms with E-state index in [1.807, 2.05) is 0 Å². The normalized spacial score (nSPS) is 31.0. The van der Waals surface area contributed by atoms with Gasteiger partial charge in [-0.15, -0.1) is 0 Å². The molecule has 0 aromatic heterocycles. The van der Waals surface area contributed by atoms with Gasteiger partial charge < -0.3 is 15.4 Å². The topological polar surface area (TPSA) is 50.4 Å². The molecule has 1 amide bonds. The fourth-order valence-electron chi connectivity index (χ4n) is 2.44. The van der Waals surface area contributed by atoms with Gasteiger partial charge >= 0.3 is 0 Å². The maximum atomic E-state index is 11.8. The van der Waals surface area contributed by atoms with Crippen molar-refractivity contribution in [2.75, 3.05) is 19.7 Å².